The molecule has 0 fully saturated rings. The number of hydrogen-bond acceptors (Lipinski definition) is 5. The van der Waals surface area contributed by atoms with Crippen LogP contribution >= 0.6 is 15.9 Å². The second kappa shape index (κ2) is 5.11. The van der Waals surface area contributed by atoms with Crippen molar-refractivity contribution in [1.82, 2.24) is 9.97 Å². The number of nitrogens with one attached hydrogen (secondary N) is 2. The third kappa shape index (κ3) is 2.92. The maximum Gasteiger partial charge on any atom is 0.160 e. The number of hydrogen-bond donors (Lipinski definition) is 3. The Morgan fingerprint density at radius 2 is 2.00 bits per heavy atom. The minimum atomic E-state index is 0.512. The molecule has 0 radical (unpaired) electrons. The van der Waals surface area contributed by atoms with Crippen molar-refractivity contribution in [2.45, 2.75) is 6.92 Å². The fourth-order valence-corrected chi connectivity index (χ4v) is 1.95. The van der Waals surface area contributed by atoms with Crippen molar-refractivity contribution in [2.75, 3.05) is 10.7 Å². The number of aryl methyl sites for hydroxylation is 1. The summed E-state index contributed by atoms with van der Waals surface area (Å²) in [7, 11) is 0. The highest BCUT2D eigenvalue weighted by atomic mass is 79.9. The number of nitrogen functional groups attached to an aromatic ring is 1. The number of anilines is 3. The standard InChI is InChI=1S/C11H12BrN5/c1-7-2-3-9(8(12)4-7)15-10-5-14-6-11(16-10)17-13/h2-6H,13H2,1H3,(H2,15,16,17). The van der Waals surface area contributed by atoms with E-state index >= 15 is 0 Å². The maximum atomic E-state index is 5.27. The molecule has 0 saturated heterocycles. The van der Waals surface area contributed by atoms with Gasteiger partial charge in [-0.1, -0.05) is 6.07 Å². The van der Waals surface area contributed by atoms with Crippen molar-refractivity contribution < 1.29 is 0 Å². The summed E-state index contributed by atoms with van der Waals surface area (Å²) >= 11 is 3.49. The molecule has 1 aromatic heterocycles. The molecule has 88 valence electrons. The van der Waals surface area contributed by atoms with E-state index in [1.807, 2.05) is 25.1 Å². The van der Waals surface area contributed by atoms with Crippen molar-refractivity contribution in [3.8, 4) is 0 Å². The predicted octanol–water partition coefficient (Wildman–Crippen LogP) is 2.58. The van der Waals surface area contributed by atoms with Gasteiger partial charge in [-0.3, -0.25) is 4.98 Å². The average Bonchev–Trinajstić information content (AvgIpc) is 2.33. The fraction of sp³-hybridized carbons (Fsp3) is 0.0909. The van der Waals surface area contributed by atoms with Gasteiger partial charge in [0.05, 0.1) is 18.1 Å². The molecule has 4 N–H and O–H groups in total. The summed E-state index contributed by atoms with van der Waals surface area (Å²) in [5.74, 6) is 6.41. The lowest BCUT2D eigenvalue weighted by Gasteiger charge is -2.09. The maximum absolute atomic E-state index is 5.27. The van der Waals surface area contributed by atoms with Crippen LogP contribution in [0.1, 0.15) is 5.56 Å². The summed E-state index contributed by atoms with van der Waals surface area (Å²) in [5, 5.41) is 3.16. The van der Waals surface area contributed by atoms with Crippen LogP contribution in [0.5, 0.6) is 0 Å². The quantitative estimate of drug-likeness (QED) is 0.599. The largest absolute Gasteiger partial charge is 0.338 e. The van der Waals surface area contributed by atoms with Gasteiger partial charge in [0.15, 0.2) is 11.6 Å². The molecule has 5 nitrogen and oxygen atoms in total. The summed E-state index contributed by atoms with van der Waals surface area (Å²) in [6.45, 7) is 2.04. The van der Waals surface area contributed by atoms with Crippen LogP contribution in [-0.4, -0.2) is 9.97 Å². The van der Waals surface area contributed by atoms with E-state index in [0.29, 0.717) is 11.6 Å². The van der Waals surface area contributed by atoms with Crippen molar-refractivity contribution in [3.63, 3.8) is 0 Å². The average molecular weight is 294 g/mol. The lowest BCUT2D eigenvalue weighted by Crippen LogP contribution is -2.09. The van der Waals surface area contributed by atoms with Crippen LogP contribution in [-0.2, 0) is 0 Å². The first-order valence-electron chi connectivity index (χ1n) is 5.01. The van der Waals surface area contributed by atoms with Crippen LogP contribution in [0.15, 0.2) is 35.1 Å². The number of aromatic nitrogens is 2. The number of hydrazine groups is 1. The molecule has 0 aliphatic carbocycles. The lowest BCUT2D eigenvalue weighted by molar-refractivity contribution is 1.16. The van der Waals surface area contributed by atoms with Crippen molar-refractivity contribution in [1.29, 1.82) is 0 Å². The van der Waals surface area contributed by atoms with Gasteiger partial charge in [0.25, 0.3) is 0 Å². The van der Waals surface area contributed by atoms with E-state index in [4.69, 9.17) is 5.84 Å². The van der Waals surface area contributed by atoms with E-state index in [1.54, 1.807) is 12.4 Å². The Morgan fingerprint density at radius 1 is 1.24 bits per heavy atom. The van der Waals surface area contributed by atoms with E-state index in [9.17, 15) is 0 Å². The molecular weight excluding hydrogens is 282 g/mol. The smallest absolute Gasteiger partial charge is 0.160 e. The molecule has 0 spiro atoms. The molecule has 0 amide bonds. The Labute approximate surface area is 108 Å². The first kappa shape index (κ1) is 11.8. The van der Waals surface area contributed by atoms with E-state index in [1.165, 1.54) is 5.56 Å². The molecule has 0 aliphatic rings. The predicted molar refractivity (Wildman–Crippen MR) is 72.0 cm³/mol. The van der Waals surface area contributed by atoms with Gasteiger partial charge in [-0.05, 0) is 40.5 Å². The van der Waals surface area contributed by atoms with Gasteiger partial charge in [0.1, 0.15) is 0 Å². The Balaban J connectivity index is 2.25. The zero-order valence-corrected chi connectivity index (χ0v) is 10.8. The topological polar surface area (TPSA) is 75.9 Å². The molecule has 2 rings (SSSR count). The number of nitrogens with two attached hydrogens (primary N) is 1. The fourth-order valence-electron chi connectivity index (χ4n) is 1.36. The highest BCUT2D eigenvalue weighted by Crippen LogP contribution is 2.26. The second-order valence-electron chi connectivity index (χ2n) is 3.54. The van der Waals surface area contributed by atoms with Crippen LogP contribution in [0.3, 0.4) is 0 Å². The summed E-state index contributed by atoms with van der Waals surface area (Å²) in [6, 6.07) is 6.02. The third-order valence-corrected chi connectivity index (χ3v) is 2.83. The number of rotatable bonds is 3. The minimum absolute atomic E-state index is 0.512. The zero-order valence-electron chi connectivity index (χ0n) is 9.24. The van der Waals surface area contributed by atoms with Gasteiger partial charge in [-0.25, -0.2) is 10.8 Å². The molecule has 0 bridgehead atoms. The Hall–Kier alpha value is -1.66. The number of benzene rings is 1. The van der Waals surface area contributed by atoms with Crippen LogP contribution in [0, 0.1) is 6.92 Å². The lowest BCUT2D eigenvalue weighted by atomic mass is 10.2. The van der Waals surface area contributed by atoms with Crippen molar-refractivity contribution in [2.24, 2.45) is 5.84 Å². The van der Waals surface area contributed by atoms with E-state index in [2.05, 4.69) is 36.6 Å². The van der Waals surface area contributed by atoms with E-state index < -0.39 is 0 Å². The summed E-state index contributed by atoms with van der Waals surface area (Å²) in [5.41, 5.74) is 4.57. The molecule has 1 aromatic carbocycles. The van der Waals surface area contributed by atoms with Gasteiger partial charge < -0.3 is 10.7 Å². The van der Waals surface area contributed by atoms with Gasteiger partial charge >= 0.3 is 0 Å². The molecular formula is C11H12BrN5. The molecule has 0 atom stereocenters. The summed E-state index contributed by atoms with van der Waals surface area (Å²) < 4.78 is 0.977. The van der Waals surface area contributed by atoms with Crippen molar-refractivity contribution >= 4 is 33.3 Å². The second-order valence-corrected chi connectivity index (χ2v) is 4.40. The van der Waals surface area contributed by atoms with E-state index in [-0.39, 0.29) is 0 Å². The van der Waals surface area contributed by atoms with Crippen LogP contribution < -0.4 is 16.6 Å². The SMILES string of the molecule is Cc1ccc(Nc2cncc(NN)n2)c(Br)c1. The normalized spacial score (nSPS) is 10.1. The van der Waals surface area contributed by atoms with Gasteiger partial charge in [-0.2, -0.15) is 0 Å². The number of halogens is 1. The Bertz CT molecular complexity index is 529. The zero-order chi connectivity index (χ0) is 12.3. The van der Waals surface area contributed by atoms with Crippen LogP contribution in [0.4, 0.5) is 17.3 Å². The summed E-state index contributed by atoms with van der Waals surface area (Å²) in [4.78, 5) is 8.24. The minimum Gasteiger partial charge on any atom is -0.338 e. The molecule has 0 aliphatic heterocycles. The first-order chi connectivity index (χ1) is 8.19. The Morgan fingerprint density at radius 3 is 2.71 bits per heavy atom. The molecule has 0 unspecified atom stereocenters. The first-order valence-corrected chi connectivity index (χ1v) is 5.80. The Kier molecular flexibility index (Phi) is 3.55. The molecule has 6 heteroatoms. The monoisotopic (exact) mass is 293 g/mol. The number of nitrogens with zero attached hydrogens (tertiary/aromatic N) is 2. The van der Waals surface area contributed by atoms with Gasteiger partial charge in [0.2, 0.25) is 0 Å². The highest BCUT2D eigenvalue weighted by molar-refractivity contribution is 9.10. The molecule has 17 heavy (non-hydrogen) atoms. The highest BCUT2D eigenvalue weighted by Gasteiger charge is 2.02. The third-order valence-electron chi connectivity index (χ3n) is 2.17. The van der Waals surface area contributed by atoms with Gasteiger partial charge in [-0.15, -0.1) is 0 Å². The van der Waals surface area contributed by atoms with E-state index in [0.717, 1.165) is 10.2 Å². The van der Waals surface area contributed by atoms with Crippen molar-refractivity contribution in [3.05, 3.63) is 40.6 Å². The van der Waals surface area contributed by atoms with Crippen LogP contribution in [0.2, 0.25) is 0 Å². The molecule has 2 aromatic rings. The van der Waals surface area contributed by atoms with Gasteiger partial charge in [0, 0.05) is 4.47 Å². The summed E-state index contributed by atoms with van der Waals surface area (Å²) in [6.07, 6.45) is 3.18. The van der Waals surface area contributed by atoms with Crippen LogP contribution in [0.25, 0.3) is 0 Å². The molecule has 1 heterocycles. The molecule has 0 saturated carbocycles.